The SMILES string of the molecule is CCC(C)(C)C1CCC2(CC1)NC(=O)N(CC(=O)NCCc1ccc(C)nc1)C2=O. The van der Waals surface area contributed by atoms with Gasteiger partial charge in [0.15, 0.2) is 0 Å². The summed E-state index contributed by atoms with van der Waals surface area (Å²) < 4.78 is 0. The van der Waals surface area contributed by atoms with Gasteiger partial charge < -0.3 is 10.6 Å². The Morgan fingerprint density at radius 3 is 2.60 bits per heavy atom. The molecule has 1 saturated carbocycles. The minimum absolute atomic E-state index is 0.234. The second-order valence-electron chi connectivity index (χ2n) is 9.43. The lowest BCUT2D eigenvalue weighted by atomic mass is 9.65. The van der Waals surface area contributed by atoms with Crippen molar-refractivity contribution in [2.24, 2.45) is 11.3 Å². The van der Waals surface area contributed by atoms with Crippen molar-refractivity contribution in [3.63, 3.8) is 0 Å². The molecule has 0 atom stereocenters. The minimum Gasteiger partial charge on any atom is -0.354 e. The number of imide groups is 1. The van der Waals surface area contributed by atoms with Crippen LogP contribution in [0, 0.1) is 18.3 Å². The first kappa shape index (κ1) is 22.2. The maximum absolute atomic E-state index is 13.0. The Hall–Kier alpha value is -2.44. The normalized spacial score (nSPS) is 24.3. The average molecular weight is 415 g/mol. The van der Waals surface area contributed by atoms with Crippen molar-refractivity contribution in [1.82, 2.24) is 20.5 Å². The van der Waals surface area contributed by atoms with E-state index in [0.29, 0.717) is 31.7 Å². The third kappa shape index (κ3) is 4.65. The van der Waals surface area contributed by atoms with Crippen LogP contribution in [0.3, 0.4) is 0 Å². The van der Waals surface area contributed by atoms with Crippen molar-refractivity contribution in [2.45, 2.75) is 71.8 Å². The molecule has 7 heteroatoms. The van der Waals surface area contributed by atoms with Gasteiger partial charge in [-0.05, 0) is 62.0 Å². The first-order valence-corrected chi connectivity index (χ1v) is 11.0. The predicted molar refractivity (Wildman–Crippen MR) is 115 cm³/mol. The number of amides is 4. The van der Waals surface area contributed by atoms with Gasteiger partial charge in [0, 0.05) is 18.4 Å². The van der Waals surface area contributed by atoms with E-state index < -0.39 is 11.6 Å². The molecular weight excluding hydrogens is 380 g/mol. The molecule has 7 nitrogen and oxygen atoms in total. The standard InChI is InChI=1S/C23H34N4O3/c1-5-22(3,4)18-8-11-23(12-9-18)20(29)27(21(30)26-23)15-19(28)24-13-10-17-7-6-16(2)25-14-17/h6-7,14,18H,5,8-13,15H2,1-4H3,(H,24,28)(H,26,30). The highest BCUT2D eigenvalue weighted by Gasteiger charge is 2.53. The molecule has 164 valence electrons. The molecule has 30 heavy (non-hydrogen) atoms. The van der Waals surface area contributed by atoms with Crippen LogP contribution in [0.4, 0.5) is 4.79 Å². The minimum atomic E-state index is -0.828. The van der Waals surface area contributed by atoms with Gasteiger partial charge in [-0.15, -0.1) is 0 Å². The van der Waals surface area contributed by atoms with E-state index in [1.165, 1.54) is 0 Å². The van der Waals surface area contributed by atoms with Crippen molar-refractivity contribution in [2.75, 3.05) is 13.1 Å². The number of nitrogens with one attached hydrogen (secondary N) is 2. The van der Waals surface area contributed by atoms with E-state index in [9.17, 15) is 14.4 Å². The van der Waals surface area contributed by atoms with E-state index >= 15 is 0 Å². The Morgan fingerprint density at radius 1 is 1.30 bits per heavy atom. The average Bonchev–Trinajstić information content (AvgIpc) is 2.94. The first-order chi connectivity index (χ1) is 14.2. The monoisotopic (exact) mass is 414 g/mol. The second kappa shape index (κ2) is 8.74. The summed E-state index contributed by atoms with van der Waals surface area (Å²) in [6.07, 6.45) is 6.65. The smallest absolute Gasteiger partial charge is 0.325 e. The van der Waals surface area contributed by atoms with Gasteiger partial charge in [-0.25, -0.2) is 4.79 Å². The van der Waals surface area contributed by atoms with Gasteiger partial charge in [0.1, 0.15) is 12.1 Å². The molecule has 1 aromatic rings. The van der Waals surface area contributed by atoms with Crippen LogP contribution in [0.1, 0.15) is 64.1 Å². The highest BCUT2D eigenvalue weighted by Crippen LogP contribution is 2.45. The van der Waals surface area contributed by atoms with Gasteiger partial charge in [0.2, 0.25) is 5.91 Å². The number of hydrogen-bond donors (Lipinski definition) is 2. The maximum Gasteiger partial charge on any atom is 0.325 e. The molecule has 0 unspecified atom stereocenters. The summed E-state index contributed by atoms with van der Waals surface area (Å²) in [6.45, 7) is 8.87. The fraction of sp³-hybridized carbons (Fsp3) is 0.652. The lowest BCUT2D eigenvalue weighted by molar-refractivity contribution is -0.136. The topological polar surface area (TPSA) is 91.4 Å². The molecule has 3 rings (SSSR count). The maximum atomic E-state index is 13.0. The molecule has 1 aliphatic heterocycles. The molecule has 2 heterocycles. The van der Waals surface area contributed by atoms with Crippen LogP contribution in [0.25, 0.3) is 0 Å². The second-order valence-corrected chi connectivity index (χ2v) is 9.43. The van der Waals surface area contributed by atoms with Crippen LogP contribution in [0.15, 0.2) is 18.3 Å². The largest absolute Gasteiger partial charge is 0.354 e. The summed E-state index contributed by atoms with van der Waals surface area (Å²) in [5.41, 5.74) is 1.38. The summed E-state index contributed by atoms with van der Waals surface area (Å²) >= 11 is 0. The molecule has 0 bridgehead atoms. The molecule has 0 aromatic carbocycles. The first-order valence-electron chi connectivity index (χ1n) is 11.0. The Bertz CT molecular complexity index is 795. The fourth-order valence-corrected chi connectivity index (χ4v) is 4.53. The van der Waals surface area contributed by atoms with Crippen molar-refractivity contribution >= 4 is 17.8 Å². The third-order valence-electron chi connectivity index (χ3n) is 7.11. The van der Waals surface area contributed by atoms with E-state index in [1.54, 1.807) is 6.20 Å². The number of carbonyl (C=O) groups is 3. The van der Waals surface area contributed by atoms with Gasteiger partial charge in [0.05, 0.1) is 0 Å². The molecule has 1 aromatic heterocycles. The molecule has 4 amide bonds. The molecule has 2 fully saturated rings. The number of aryl methyl sites for hydroxylation is 1. The summed E-state index contributed by atoms with van der Waals surface area (Å²) in [5.74, 6) is -0.0269. The molecular formula is C23H34N4O3. The number of aromatic nitrogens is 1. The molecule has 0 radical (unpaired) electrons. The van der Waals surface area contributed by atoms with E-state index in [0.717, 1.165) is 35.4 Å². The van der Waals surface area contributed by atoms with Crippen molar-refractivity contribution in [1.29, 1.82) is 0 Å². The number of rotatable bonds is 7. The van der Waals surface area contributed by atoms with Crippen LogP contribution < -0.4 is 10.6 Å². The summed E-state index contributed by atoms with van der Waals surface area (Å²) in [4.78, 5) is 43.1. The number of pyridine rings is 1. The van der Waals surface area contributed by atoms with Gasteiger partial charge >= 0.3 is 6.03 Å². The Morgan fingerprint density at radius 2 is 2.00 bits per heavy atom. The van der Waals surface area contributed by atoms with Crippen molar-refractivity contribution in [3.05, 3.63) is 29.6 Å². The zero-order valence-electron chi connectivity index (χ0n) is 18.6. The van der Waals surface area contributed by atoms with Gasteiger partial charge in [-0.3, -0.25) is 19.5 Å². The number of nitrogens with zero attached hydrogens (tertiary/aromatic N) is 2. The van der Waals surface area contributed by atoms with E-state index in [2.05, 4.69) is 36.4 Å². The quantitative estimate of drug-likeness (QED) is 0.671. The Labute approximate surface area is 179 Å². The Kier molecular flexibility index (Phi) is 6.48. The summed E-state index contributed by atoms with van der Waals surface area (Å²) in [6, 6.07) is 3.46. The molecule has 1 spiro atoms. The van der Waals surface area contributed by atoms with Crippen LogP contribution in [-0.2, 0) is 16.0 Å². The third-order valence-corrected chi connectivity index (χ3v) is 7.11. The number of carbonyl (C=O) groups excluding carboxylic acids is 3. The van der Waals surface area contributed by atoms with E-state index in [4.69, 9.17) is 0 Å². The molecule has 2 aliphatic rings. The lowest BCUT2D eigenvalue weighted by Crippen LogP contribution is -2.51. The van der Waals surface area contributed by atoms with Gasteiger partial charge in [-0.2, -0.15) is 0 Å². The van der Waals surface area contributed by atoms with Gasteiger partial charge in [-0.1, -0.05) is 33.3 Å². The molecule has 1 saturated heterocycles. The summed E-state index contributed by atoms with van der Waals surface area (Å²) in [7, 11) is 0. The van der Waals surface area contributed by atoms with E-state index in [-0.39, 0.29) is 23.8 Å². The molecule has 1 aliphatic carbocycles. The van der Waals surface area contributed by atoms with E-state index in [1.807, 2.05) is 19.1 Å². The van der Waals surface area contributed by atoms with Crippen molar-refractivity contribution in [3.8, 4) is 0 Å². The zero-order chi connectivity index (χ0) is 21.9. The van der Waals surface area contributed by atoms with Crippen LogP contribution in [0.2, 0.25) is 0 Å². The number of urea groups is 1. The van der Waals surface area contributed by atoms with Gasteiger partial charge in [0.25, 0.3) is 5.91 Å². The Balaban J connectivity index is 1.51. The molecule has 2 N–H and O–H groups in total. The van der Waals surface area contributed by atoms with Crippen LogP contribution in [-0.4, -0.2) is 46.4 Å². The lowest BCUT2D eigenvalue weighted by Gasteiger charge is -2.42. The fourth-order valence-electron chi connectivity index (χ4n) is 4.53. The highest BCUT2D eigenvalue weighted by atomic mass is 16.2. The summed E-state index contributed by atoms with van der Waals surface area (Å²) in [5, 5.41) is 5.70. The highest BCUT2D eigenvalue weighted by molar-refractivity contribution is 6.09. The van der Waals surface area contributed by atoms with Crippen LogP contribution >= 0.6 is 0 Å². The van der Waals surface area contributed by atoms with Crippen LogP contribution in [0.5, 0.6) is 0 Å². The predicted octanol–water partition coefficient (Wildman–Crippen LogP) is 2.97. The number of hydrogen-bond acceptors (Lipinski definition) is 4. The van der Waals surface area contributed by atoms with Crippen molar-refractivity contribution < 1.29 is 14.4 Å². The zero-order valence-corrected chi connectivity index (χ0v) is 18.6.